The van der Waals surface area contributed by atoms with Crippen molar-refractivity contribution in [1.82, 2.24) is 19.4 Å². The van der Waals surface area contributed by atoms with Gasteiger partial charge in [0.2, 0.25) is 11.7 Å². The third-order valence-corrected chi connectivity index (χ3v) is 9.69. The number of benzene rings is 2. The van der Waals surface area contributed by atoms with Gasteiger partial charge in [-0.1, -0.05) is 13.8 Å². The minimum Gasteiger partial charge on any atom is -0.504 e. The van der Waals surface area contributed by atoms with Crippen molar-refractivity contribution in [3.05, 3.63) is 82.0 Å². The molecule has 1 saturated heterocycles. The summed E-state index contributed by atoms with van der Waals surface area (Å²) in [4.78, 5) is 24.9. The number of phenols is 1. The maximum absolute atomic E-state index is 15.6. The van der Waals surface area contributed by atoms with Gasteiger partial charge in [0.25, 0.3) is 0 Å². The fourth-order valence-electron chi connectivity index (χ4n) is 6.22. The van der Waals surface area contributed by atoms with E-state index in [0.717, 1.165) is 23.8 Å². The molecule has 0 spiro atoms. The van der Waals surface area contributed by atoms with E-state index < -0.39 is 5.82 Å². The lowest BCUT2D eigenvalue weighted by atomic mass is 10.0. The summed E-state index contributed by atoms with van der Waals surface area (Å²) in [5, 5.41) is 21.2. The molecule has 7 rings (SSSR count). The Hall–Kier alpha value is -5.35. The van der Waals surface area contributed by atoms with Crippen molar-refractivity contribution in [2.24, 2.45) is 5.41 Å². The van der Waals surface area contributed by atoms with Crippen LogP contribution in [0.5, 0.6) is 17.2 Å². The number of nitrogens with zero attached hydrogens (tertiary/aromatic N) is 6. The van der Waals surface area contributed by atoms with E-state index >= 15 is 4.39 Å². The first-order chi connectivity index (χ1) is 24.9. The smallest absolute Gasteiger partial charge is 0.221 e. The summed E-state index contributed by atoms with van der Waals surface area (Å²) in [6, 6.07) is 7.09. The first-order valence-corrected chi connectivity index (χ1v) is 17.5. The highest BCUT2D eigenvalue weighted by molar-refractivity contribution is 5.91. The number of aryl methyl sites for hydroxylation is 1. The van der Waals surface area contributed by atoms with Gasteiger partial charge in [-0.05, 0) is 61.8 Å². The van der Waals surface area contributed by atoms with Crippen LogP contribution in [0.2, 0.25) is 0 Å². The Bertz CT molecular complexity index is 2020. The SMILES string of the molecule is C=C.CC1(C)CC1.COc1cc(Cc2cnc(N)nc2N)cc(O)c1OCCN1CCN(c2c(F)cc3c(=O)c(C)cn(C4CC4)c3c2C#N)CC1. The maximum atomic E-state index is 15.6. The third kappa shape index (κ3) is 8.57. The second-order valence-corrected chi connectivity index (χ2v) is 14.2. The number of aromatic nitrogens is 3. The summed E-state index contributed by atoms with van der Waals surface area (Å²) in [6.45, 7) is 15.4. The molecule has 0 atom stereocenters. The third-order valence-electron chi connectivity index (χ3n) is 9.69. The number of nitrogen functional groups attached to an aromatic ring is 2. The Morgan fingerprint density at radius 2 is 1.81 bits per heavy atom. The van der Waals surface area contributed by atoms with Crippen LogP contribution in [0.3, 0.4) is 0 Å². The molecule has 0 radical (unpaired) electrons. The Morgan fingerprint density at radius 1 is 1.13 bits per heavy atom. The minimum atomic E-state index is -0.557. The number of hydrogen-bond acceptors (Lipinski definition) is 11. The lowest BCUT2D eigenvalue weighted by Crippen LogP contribution is -2.48. The predicted molar refractivity (Wildman–Crippen MR) is 203 cm³/mol. The van der Waals surface area contributed by atoms with E-state index in [4.69, 9.17) is 20.9 Å². The van der Waals surface area contributed by atoms with Crippen LogP contribution in [0, 0.1) is 29.5 Å². The van der Waals surface area contributed by atoms with Gasteiger partial charge < -0.3 is 35.5 Å². The zero-order valence-electron chi connectivity index (χ0n) is 30.5. The van der Waals surface area contributed by atoms with E-state index in [1.807, 2.05) is 9.47 Å². The second kappa shape index (κ2) is 15.9. The molecule has 2 aliphatic carbocycles. The van der Waals surface area contributed by atoms with E-state index in [0.29, 0.717) is 61.5 Å². The van der Waals surface area contributed by atoms with Crippen LogP contribution in [0.4, 0.5) is 21.8 Å². The number of nitrogens with two attached hydrogens (primary N) is 2. The van der Waals surface area contributed by atoms with Gasteiger partial charge in [-0.25, -0.2) is 9.37 Å². The Balaban J connectivity index is 0.000000678. The Labute approximate surface area is 304 Å². The first kappa shape index (κ1) is 37.9. The van der Waals surface area contributed by atoms with E-state index in [9.17, 15) is 15.2 Å². The van der Waals surface area contributed by atoms with Crippen LogP contribution < -0.4 is 31.3 Å². The van der Waals surface area contributed by atoms with E-state index in [1.54, 1.807) is 31.5 Å². The summed E-state index contributed by atoms with van der Waals surface area (Å²) < 4.78 is 29.0. The largest absolute Gasteiger partial charge is 0.504 e. The number of piperazine rings is 1. The number of halogens is 1. The number of fused-ring (bicyclic) bond motifs is 1. The standard InChI is InChI=1S/C32H35FN8O4.C5H10.C2H4/c1-18-17-41(21-3-4-21)27-22(29(18)43)14-24(33)28(23(27)15-34)40-7-5-39(6-8-40)9-10-45-30-25(42)12-19(13-26(30)44-2)11-20-16-37-32(36)38-31(20)35;1-5(2)3-4-5;1-2/h12-14,16-17,21,42H,3-11H2,1-2H3,(H4,35,36,37,38);3-4H2,1-2H3;1-2H2. The van der Waals surface area contributed by atoms with Crippen molar-refractivity contribution in [2.75, 3.05) is 62.8 Å². The highest BCUT2D eigenvalue weighted by atomic mass is 19.1. The van der Waals surface area contributed by atoms with Crippen LogP contribution in [0.25, 0.3) is 10.9 Å². The van der Waals surface area contributed by atoms with Crippen molar-refractivity contribution in [1.29, 1.82) is 5.26 Å². The maximum Gasteiger partial charge on any atom is 0.221 e. The number of rotatable bonds is 9. The van der Waals surface area contributed by atoms with Crippen LogP contribution >= 0.6 is 0 Å². The summed E-state index contributed by atoms with van der Waals surface area (Å²) in [6.07, 6.45) is 8.56. The molecule has 3 heterocycles. The van der Waals surface area contributed by atoms with Crippen molar-refractivity contribution in [3.63, 3.8) is 0 Å². The first-order valence-electron chi connectivity index (χ1n) is 17.5. The summed E-state index contributed by atoms with van der Waals surface area (Å²) in [5.41, 5.74) is 15.0. The number of anilines is 3. The summed E-state index contributed by atoms with van der Waals surface area (Å²) in [5.74, 6) is 0.335. The predicted octanol–water partition coefficient (Wildman–Crippen LogP) is 5.72. The molecule has 13 heteroatoms. The van der Waals surface area contributed by atoms with E-state index in [1.165, 1.54) is 26.0 Å². The van der Waals surface area contributed by atoms with Crippen molar-refractivity contribution >= 4 is 28.4 Å². The topological polar surface area (TPSA) is 169 Å². The van der Waals surface area contributed by atoms with Gasteiger partial charge in [0.15, 0.2) is 16.9 Å². The molecule has 0 unspecified atom stereocenters. The molecule has 0 bridgehead atoms. The number of phenolic OH excluding ortho intramolecular Hbond substituents is 1. The van der Waals surface area contributed by atoms with Crippen molar-refractivity contribution < 1.29 is 19.0 Å². The Morgan fingerprint density at radius 3 is 2.38 bits per heavy atom. The number of aromatic hydroxyl groups is 1. The van der Waals surface area contributed by atoms with E-state index in [-0.39, 0.29) is 58.0 Å². The Kier molecular flexibility index (Phi) is 11.6. The van der Waals surface area contributed by atoms with Gasteiger partial charge >= 0.3 is 0 Å². The van der Waals surface area contributed by atoms with Gasteiger partial charge in [0, 0.05) is 68.7 Å². The molecule has 2 aromatic heterocycles. The molecule has 1 aliphatic heterocycles. The zero-order chi connectivity index (χ0) is 37.7. The zero-order valence-corrected chi connectivity index (χ0v) is 30.5. The van der Waals surface area contributed by atoms with Gasteiger partial charge in [0.05, 0.1) is 23.7 Å². The molecule has 0 amide bonds. The number of nitriles is 1. The highest BCUT2D eigenvalue weighted by Crippen LogP contribution is 2.44. The molecule has 4 aromatic rings. The molecular weight excluding hydrogens is 663 g/mol. The molecule has 276 valence electrons. The monoisotopic (exact) mass is 712 g/mol. The number of methoxy groups -OCH3 is 1. The molecule has 2 saturated carbocycles. The van der Waals surface area contributed by atoms with Crippen LogP contribution in [0.1, 0.15) is 67.8 Å². The number of hydrogen-bond donors (Lipinski definition) is 3. The fourth-order valence-corrected chi connectivity index (χ4v) is 6.22. The summed E-state index contributed by atoms with van der Waals surface area (Å²) in [7, 11) is 1.50. The quantitative estimate of drug-likeness (QED) is 0.181. The van der Waals surface area contributed by atoms with Gasteiger partial charge in [-0.15, -0.1) is 13.2 Å². The molecule has 52 heavy (non-hydrogen) atoms. The second-order valence-electron chi connectivity index (χ2n) is 14.2. The number of ether oxygens (including phenoxy) is 2. The average Bonchev–Trinajstić information content (AvgIpc) is 4.07. The molecular formula is C39H49FN8O4. The molecule has 3 aliphatic rings. The molecule has 5 N–H and O–H groups in total. The van der Waals surface area contributed by atoms with Gasteiger partial charge in [-0.3, -0.25) is 9.69 Å². The lowest BCUT2D eigenvalue weighted by molar-refractivity contribution is 0.193. The van der Waals surface area contributed by atoms with Crippen molar-refractivity contribution in [3.8, 4) is 23.3 Å². The lowest BCUT2D eigenvalue weighted by Gasteiger charge is -2.36. The molecule has 12 nitrogen and oxygen atoms in total. The molecule has 2 aromatic carbocycles. The van der Waals surface area contributed by atoms with Crippen LogP contribution in [-0.2, 0) is 6.42 Å². The minimum absolute atomic E-state index is 0.0696. The van der Waals surface area contributed by atoms with E-state index in [2.05, 4.69) is 47.9 Å². The molecule has 3 fully saturated rings. The summed E-state index contributed by atoms with van der Waals surface area (Å²) >= 11 is 0. The van der Waals surface area contributed by atoms with Gasteiger partial charge in [-0.2, -0.15) is 10.2 Å². The highest BCUT2D eigenvalue weighted by Gasteiger charge is 2.31. The normalized spacial score (nSPS) is 16.2. The fraction of sp³-hybridized carbons (Fsp3) is 0.436. The average molecular weight is 713 g/mol. The van der Waals surface area contributed by atoms with Crippen molar-refractivity contribution in [2.45, 2.75) is 58.9 Å². The van der Waals surface area contributed by atoms with Crippen LogP contribution in [0.15, 0.2) is 48.5 Å². The van der Waals surface area contributed by atoms with Crippen LogP contribution in [-0.4, -0.2) is 71.0 Å². The number of pyridine rings is 1. The van der Waals surface area contributed by atoms with Gasteiger partial charge in [0.1, 0.15) is 29.9 Å².